The predicted molar refractivity (Wildman–Crippen MR) is 126 cm³/mol. The molecule has 0 radical (unpaired) electrons. The Morgan fingerprint density at radius 3 is 2.68 bits per heavy atom. The summed E-state index contributed by atoms with van der Waals surface area (Å²) in [5.41, 5.74) is 8.32. The second-order valence-corrected chi connectivity index (χ2v) is 9.10. The van der Waals surface area contributed by atoms with Gasteiger partial charge < -0.3 is 21.5 Å². The van der Waals surface area contributed by atoms with E-state index in [0.29, 0.717) is 24.0 Å². The molecule has 2 atom stereocenters. The second kappa shape index (κ2) is 11.6. The molecule has 0 aliphatic heterocycles. The molecule has 0 bridgehead atoms. The Labute approximate surface area is 186 Å². The molecule has 2 aliphatic carbocycles. The molecule has 1 heterocycles. The number of aryl methyl sites for hydroxylation is 2. The number of hydrogen-bond acceptors (Lipinski definition) is 5. The standard InChI is InChI=1S/C24H39N5O2/c1-3-21(28-19-10-5-4-6-11-19)18(15-30)14-26-23-20(24(31)27-16(2)25)13-17-9-7-8-12-22(17)29-23/h13,18-19,21,28,30H,3-12,14-15H2,1-2H3,(H,26,29)(H2,25,27,31). The number of anilines is 1. The van der Waals surface area contributed by atoms with Gasteiger partial charge >= 0.3 is 0 Å². The number of rotatable bonds is 9. The molecule has 5 N–H and O–H groups in total. The van der Waals surface area contributed by atoms with Crippen molar-refractivity contribution in [1.29, 1.82) is 0 Å². The molecule has 0 spiro atoms. The van der Waals surface area contributed by atoms with Crippen molar-refractivity contribution in [3.63, 3.8) is 0 Å². The lowest BCUT2D eigenvalue weighted by molar-refractivity contribution is 0.100. The zero-order valence-corrected chi connectivity index (χ0v) is 19.1. The minimum Gasteiger partial charge on any atom is -0.396 e. The molecular weight excluding hydrogens is 390 g/mol. The lowest BCUT2D eigenvalue weighted by Gasteiger charge is -2.32. The van der Waals surface area contributed by atoms with Crippen molar-refractivity contribution in [3.8, 4) is 0 Å². The van der Waals surface area contributed by atoms with E-state index in [0.717, 1.165) is 43.4 Å². The third kappa shape index (κ3) is 6.50. The number of fused-ring (bicyclic) bond motifs is 1. The quantitative estimate of drug-likeness (QED) is 0.354. The number of nitrogens with one attached hydrogen (secondary N) is 2. The summed E-state index contributed by atoms with van der Waals surface area (Å²) in [4.78, 5) is 21.5. The normalized spacial score (nSPS) is 19.5. The van der Waals surface area contributed by atoms with Gasteiger partial charge in [-0.1, -0.05) is 26.2 Å². The van der Waals surface area contributed by atoms with Gasteiger partial charge in [0.05, 0.1) is 5.56 Å². The van der Waals surface area contributed by atoms with Crippen LogP contribution in [0.4, 0.5) is 5.82 Å². The second-order valence-electron chi connectivity index (χ2n) is 9.10. The number of hydrogen-bond donors (Lipinski definition) is 4. The zero-order valence-electron chi connectivity index (χ0n) is 19.1. The number of amidine groups is 1. The topological polar surface area (TPSA) is 113 Å². The van der Waals surface area contributed by atoms with Gasteiger partial charge in [0.25, 0.3) is 5.91 Å². The van der Waals surface area contributed by atoms with Crippen LogP contribution in [0.2, 0.25) is 0 Å². The van der Waals surface area contributed by atoms with Crippen LogP contribution in [0.3, 0.4) is 0 Å². The molecule has 1 fully saturated rings. The average molecular weight is 430 g/mol. The van der Waals surface area contributed by atoms with Crippen LogP contribution in [0.15, 0.2) is 11.1 Å². The van der Waals surface area contributed by atoms with E-state index in [-0.39, 0.29) is 30.3 Å². The fourth-order valence-corrected chi connectivity index (χ4v) is 4.87. The van der Waals surface area contributed by atoms with Crippen molar-refractivity contribution in [3.05, 3.63) is 22.9 Å². The Kier molecular flexibility index (Phi) is 8.84. The summed E-state index contributed by atoms with van der Waals surface area (Å²) in [5.74, 6) is 0.468. The van der Waals surface area contributed by atoms with Gasteiger partial charge in [-0.2, -0.15) is 4.99 Å². The van der Waals surface area contributed by atoms with Crippen molar-refractivity contribution >= 4 is 17.6 Å². The first-order valence-electron chi connectivity index (χ1n) is 12.0. The summed E-state index contributed by atoms with van der Waals surface area (Å²) in [6.45, 7) is 4.40. The number of carbonyl (C=O) groups excluding carboxylic acids is 1. The molecule has 2 aliphatic rings. The van der Waals surface area contributed by atoms with Gasteiger partial charge in [-0.05, 0) is 63.5 Å². The summed E-state index contributed by atoms with van der Waals surface area (Å²) in [7, 11) is 0. The summed E-state index contributed by atoms with van der Waals surface area (Å²) in [5, 5.41) is 17.3. The summed E-state index contributed by atoms with van der Waals surface area (Å²) >= 11 is 0. The highest BCUT2D eigenvalue weighted by Crippen LogP contribution is 2.26. The third-order valence-corrected chi connectivity index (χ3v) is 6.64. The van der Waals surface area contributed by atoms with Gasteiger partial charge in [-0.15, -0.1) is 0 Å². The van der Waals surface area contributed by atoms with Gasteiger partial charge in [-0.3, -0.25) is 4.79 Å². The molecule has 0 saturated heterocycles. The van der Waals surface area contributed by atoms with Crippen molar-refractivity contribution in [2.45, 2.75) is 90.1 Å². The molecule has 31 heavy (non-hydrogen) atoms. The molecule has 3 rings (SSSR count). The molecule has 7 nitrogen and oxygen atoms in total. The minimum absolute atomic E-state index is 0.0347. The van der Waals surface area contributed by atoms with Crippen molar-refractivity contribution in [1.82, 2.24) is 10.3 Å². The number of aromatic nitrogens is 1. The number of amides is 1. The van der Waals surface area contributed by atoms with Gasteiger partial charge in [0, 0.05) is 36.8 Å². The summed E-state index contributed by atoms with van der Waals surface area (Å²) in [6.07, 6.45) is 11.4. The maximum atomic E-state index is 12.7. The molecule has 172 valence electrons. The fourth-order valence-electron chi connectivity index (χ4n) is 4.87. The van der Waals surface area contributed by atoms with Crippen molar-refractivity contribution in [2.24, 2.45) is 16.6 Å². The fraction of sp³-hybridized carbons (Fsp3) is 0.708. The number of aliphatic hydroxyl groups is 1. The number of aliphatic imine (C=N–C) groups is 1. The van der Waals surface area contributed by atoms with Crippen molar-refractivity contribution in [2.75, 3.05) is 18.5 Å². The van der Waals surface area contributed by atoms with E-state index in [1.165, 1.54) is 32.1 Å². The molecular formula is C24H39N5O2. The number of aliphatic hydroxyl groups excluding tert-OH is 1. The highest BCUT2D eigenvalue weighted by molar-refractivity contribution is 6.05. The number of carbonyl (C=O) groups is 1. The van der Waals surface area contributed by atoms with Gasteiger partial charge in [0.15, 0.2) is 0 Å². The van der Waals surface area contributed by atoms with E-state index in [2.05, 4.69) is 22.5 Å². The highest BCUT2D eigenvalue weighted by atomic mass is 16.3. The zero-order chi connectivity index (χ0) is 22.2. The van der Waals surface area contributed by atoms with E-state index in [1.54, 1.807) is 6.92 Å². The largest absolute Gasteiger partial charge is 0.396 e. The van der Waals surface area contributed by atoms with Crippen LogP contribution in [-0.2, 0) is 12.8 Å². The van der Waals surface area contributed by atoms with E-state index >= 15 is 0 Å². The highest BCUT2D eigenvalue weighted by Gasteiger charge is 2.25. The molecule has 1 aromatic heterocycles. The predicted octanol–water partition coefficient (Wildman–Crippen LogP) is 3.20. The van der Waals surface area contributed by atoms with E-state index in [1.807, 2.05) is 6.07 Å². The van der Waals surface area contributed by atoms with Crippen LogP contribution in [-0.4, -0.2) is 47.1 Å². The molecule has 1 amide bonds. The Balaban J connectivity index is 1.75. The Morgan fingerprint density at radius 1 is 1.26 bits per heavy atom. The lowest BCUT2D eigenvalue weighted by Crippen LogP contribution is -2.46. The third-order valence-electron chi connectivity index (χ3n) is 6.64. The Morgan fingerprint density at radius 2 is 2.00 bits per heavy atom. The molecule has 7 heteroatoms. The number of pyridine rings is 1. The first-order chi connectivity index (χ1) is 15.0. The van der Waals surface area contributed by atoms with Crippen LogP contribution >= 0.6 is 0 Å². The smallest absolute Gasteiger partial charge is 0.282 e. The molecule has 1 saturated carbocycles. The van der Waals surface area contributed by atoms with E-state index in [9.17, 15) is 9.90 Å². The maximum Gasteiger partial charge on any atom is 0.282 e. The number of nitrogens with zero attached hydrogens (tertiary/aromatic N) is 2. The first-order valence-corrected chi connectivity index (χ1v) is 12.0. The average Bonchev–Trinajstić information content (AvgIpc) is 2.78. The Bertz CT molecular complexity index is 769. The molecule has 1 aromatic rings. The first kappa shape index (κ1) is 23.7. The molecule has 2 unspecified atom stereocenters. The monoisotopic (exact) mass is 429 g/mol. The minimum atomic E-state index is -0.365. The van der Waals surface area contributed by atoms with Gasteiger partial charge in [0.1, 0.15) is 11.7 Å². The summed E-state index contributed by atoms with van der Waals surface area (Å²) < 4.78 is 0. The van der Waals surface area contributed by atoms with Crippen LogP contribution in [0.1, 0.15) is 86.8 Å². The number of nitrogens with two attached hydrogens (primary N) is 1. The van der Waals surface area contributed by atoms with Crippen molar-refractivity contribution < 1.29 is 9.90 Å². The lowest BCUT2D eigenvalue weighted by atomic mass is 9.91. The van der Waals surface area contributed by atoms with E-state index < -0.39 is 0 Å². The van der Waals surface area contributed by atoms with Crippen LogP contribution in [0, 0.1) is 5.92 Å². The van der Waals surface area contributed by atoms with Gasteiger partial charge in [-0.25, -0.2) is 4.98 Å². The van der Waals surface area contributed by atoms with Gasteiger partial charge in [0.2, 0.25) is 0 Å². The van der Waals surface area contributed by atoms with Crippen LogP contribution in [0.25, 0.3) is 0 Å². The Hall–Kier alpha value is -1.99. The summed E-state index contributed by atoms with van der Waals surface area (Å²) in [6, 6.07) is 2.69. The van der Waals surface area contributed by atoms with E-state index in [4.69, 9.17) is 10.7 Å². The molecule has 0 aromatic carbocycles. The van der Waals surface area contributed by atoms with Crippen LogP contribution in [0.5, 0.6) is 0 Å². The SMILES string of the molecule is CCC(NC1CCCCC1)C(CO)CNc1nc2c(cc1C(=O)N=C(C)N)CCCC2. The maximum absolute atomic E-state index is 12.7. The van der Waals surface area contributed by atoms with Crippen LogP contribution < -0.4 is 16.4 Å².